The number of piperidine rings is 1. The van der Waals surface area contributed by atoms with Gasteiger partial charge in [-0.2, -0.15) is 0 Å². The molecule has 0 radical (unpaired) electrons. The van der Waals surface area contributed by atoms with Gasteiger partial charge in [0, 0.05) is 54.8 Å². The minimum atomic E-state index is -0.374. The van der Waals surface area contributed by atoms with Crippen LogP contribution in [0.25, 0.3) is 11.0 Å². The third-order valence-corrected chi connectivity index (χ3v) is 6.80. The van der Waals surface area contributed by atoms with E-state index in [1.807, 2.05) is 27.7 Å². The Morgan fingerprint density at radius 1 is 1.12 bits per heavy atom. The first-order valence-electron chi connectivity index (χ1n) is 11.7. The van der Waals surface area contributed by atoms with E-state index in [0.717, 1.165) is 42.3 Å². The molecule has 0 aliphatic carbocycles. The highest BCUT2D eigenvalue weighted by Gasteiger charge is 2.36. The van der Waals surface area contributed by atoms with Crippen LogP contribution in [0.15, 0.2) is 56.5 Å². The van der Waals surface area contributed by atoms with Crippen molar-refractivity contribution in [2.45, 2.75) is 45.1 Å². The third kappa shape index (κ3) is 4.32. The maximum atomic E-state index is 12.9. The standard InChI is InChI=1S/C26H28N2O5/c1-2-3-5-18-11-26(31)33-23-12-20(8-9-21(18)23)32-16-25(30)27-13-17-10-19(15-27)22-6-4-7-24(29)28(22)14-17/h4,6-9,11-12,17,19H,2-3,5,10,13-16H2,1H3/t17-,19-/m0/s1. The molecule has 2 aliphatic rings. The molecule has 1 aromatic carbocycles. The highest BCUT2D eigenvalue weighted by molar-refractivity contribution is 5.82. The van der Waals surface area contributed by atoms with E-state index in [0.29, 0.717) is 31.0 Å². The molecule has 1 amide bonds. The van der Waals surface area contributed by atoms with E-state index in [-0.39, 0.29) is 35.5 Å². The number of hydrogen-bond donors (Lipinski definition) is 0. The number of carbonyl (C=O) groups is 1. The Morgan fingerprint density at radius 2 is 2.00 bits per heavy atom. The van der Waals surface area contributed by atoms with Crippen LogP contribution in [0.3, 0.4) is 0 Å². The van der Waals surface area contributed by atoms with Crippen molar-refractivity contribution in [1.82, 2.24) is 9.47 Å². The second-order valence-electron chi connectivity index (χ2n) is 9.14. The molecule has 172 valence electrons. The van der Waals surface area contributed by atoms with Gasteiger partial charge in [-0.3, -0.25) is 9.59 Å². The maximum absolute atomic E-state index is 12.9. The molecular weight excluding hydrogens is 420 g/mol. The summed E-state index contributed by atoms with van der Waals surface area (Å²) in [5.74, 6) is 0.874. The number of fused-ring (bicyclic) bond motifs is 5. The summed E-state index contributed by atoms with van der Waals surface area (Å²) in [6.07, 6.45) is 3.87. The molecule has 7 nitrogen and oxygen atoms in total. The number of aryl methyl sites for hydroxylation is 1. The molecule has 0 spiro atoms. The van der Waals surface area contributed by atoms with Crippen LogP contribution >= 0.6 is 0 Å². The molecule has 3 aromatic rings. The summed E-state index contributed by atoms with van der Waals surface area (Å²) in [5, 5.41) is 0.902. The molecule has 2 aromatic heterocycles. The fraction of sp³-hybridized carbons (Fsp3) is 0.423. The molecule has 7 heteroatoms. The Labute approximate surface area is 191 Å². The van der Waals surface area contributed by atoms with Crippen molar-refractivity contribution in [2.75, 3.05) is 19.7 Å². The summed E-state index contributed by atoms with van der Waals surface area (Å²) in [5.41, 5.74) is 2.13. The van der Waals surface area contributed by atoms with Crippen LogP contribution in [0.4, 0.5) is 0 Å². The second kappa shape index (κ2) is 8.89. The number of amides is 1. The van der Waals surface area contributed by atoms with Gasteiger partial charge < -0.3 is 18.6 Å². The number of unbranched alkanes of at least 4 members (excludes halogenated alkanes) is 1. The average Bonchev–Trinajstić information content (AvgIpc) is 2.81. The molecule has 2 bridgehead atoms. The fourth-order valence-electron chi connectivity index (χ4n) is 5.21. The van der Waals surface area contributed by atoms with Gasteiger partial charge in [0.05, 0.1) is 0 Å². The van der Waals surface area contributed by atoms with Crippen LogP contribution in [0.2, 0.25) is 0 Å². The zero-order valence-electron chi connectivity index (χ0n) is 18.8. The predicted molar refractivity (Wildman–Crippen MR) is 125 cm³/mol. The van der Waals surface area contributed by atoms with Gasteiger partial charge >= 0.3 is 5.63 Å². The lowest BCUT2D eigenvalue weighted by molar-refractivity contribution is -0.136. The lowest BCUT2D eigenvalue weighted by Crippen LogP contribution is -2.50. The monoisotopic (exact) mass is 448 g/mol. The van der Waals surface area contributed by atoms with E-state index in [1.54, 1.807) is 24.3 Å². The van der Waals surface area contributed by atoms with Crippen molar-refractivity contribution in [3.05, 3.63) is 74.5 Å². The number of likely N-dealkylation sites (tertiary alicyclic amines) is 1. The summed E-state index contributed by atoms with van der Waals surface area (Å²) in [4.78, 5) is 38.9. The number of aromatic nitrogens is 1. The van der Waals surface area contributed by atoms with Crippen molar-refractivity contribution >= 4 is 16.9 Å². The zero-order chi connectivity index (χ0) is 22.9. The Bertz CT molecular complexity index is 1310. The summed E-state index contributed by atoms with van der Waals surface area (Å²) in [7, 11) is 0. The molecule has 1 fully saturated rings. The van der Waals surface area contributed by atoms with E-state index >= 15 is 0 Å². The van der Waals surface area contributed by atoms with E-state index in [4.69, 9.17) is 9.15 Å². The molecule has 33 heavy (non-hydrogen) atoms. The lowest BCUT2D eigenvalue weighted by atomic mass is 9.83. The van der Waals surface area contributed by atoms with Crippen LogP contribution < -0.4 is 15.9 Å². The number of carbonyl (C=O) groups excluding carboxylic acids is 1. The number of nitrogens with zero attached hydrogens (tertiary/aromatic N) is 2. The quantitative estimate of drug-likeness (QED) is 0.541. The van der Waals surface area contributed by atoms with Crippen LogP contribution in [-0.2, 0) is 17.8 Å². The number of benzene rings is 1. The van der Waals surface area contributed by atoms with E-state index in [9.17, 15) is 14.4 Å². The Morgan fingerprint density at radius 3 is 2.85 bits per heavy atom. The van der Waals surface area contributed by atoms with Crippen LogP contribution in [-0.4, -0.2) is 35.1 Å². The summed E-state index contributed by atoms with van der Waals surface area (Å²) < 4.78 is 13.0. The fourth-order valence-corrected chi connectivity index (χ4v) is 5.21. The first-order chi connectivity index (χ1) is 16.0. The van der Waals surface area contributed by atoms with Crippen molar-refractivity contribution in [2.24, 2.45) is 5.92 Å². The van der Waals surface area contributed by atoms with Gasteiger partial charge in [-0.15, -0.1) is 0 Å². The van der Waals surface area contributed by atoms with Crippen molar-refractivity contribution in [3.63, 3.8) is 0 Å². The SMILES string of the molecule is CCCCc1cc(=O)oc2cc(OCC(=O)N3C[C@@H]4C[C@@H](C3)c3cccc(=O)n3C4)ccc12. The van der Waals surface area contributed by atoms with Crippen LogP contribution in [0.5, 0.6) is 5.75 Å². The molecule has 0 saturated carbocycles. The lowest BCUT2D eigenvalue weighted by Gasteiger charge is -2.42. The van der Waals surface area contributed by atoms with Gasteiger partial charge in [-0.1, -0.05) is 19.4 Å². The summed E-state index contributed by atoms with van der Waals surface area (Å²) >= 11 is 0. The van der Waals surface area contributed by atoms with Gasteiger partial charge in [0.25, 0.3) is 11.5 Å². The predicted octanol–water partition coefficient (Wildman–Crippen LogP) is 3.32. The molecule has 2 atom stereocenters. The molecule has 0 unspecified atom stereocenters. The molecule has 0 N–H and O–H groups in total. The largest absolute Gasteiger partial charge is 0.484 e. The first kappa shape index (κ1) is 21.5. The smallest absolute Gasteiger partial charge is 0.336 e. The molecule has 4 heterocycles. The van der Waals surface area contributed by atoms with Gasteiger partial charge in [0.1, 0.15) is 11.3 Å². The van der Waals surface area contributed by atoms with Gasteiger partial charge in [0.15, 0.2) is 6.61 Å². The highest BCUT2D eigenvalue weighted by atomic mass is 16.5. The van der Waals surface area contributed by atoms with Crippen LogP contribution in [0, 0.1) is 5.92 Å². The summed E-state index contributed by atoms with van der Waals surface area (Å²) in [6, 6.07) is 12.3. The maximum Gasteiger partial charge on any atom is 0.336 e. The van der Waals surface area contributed by atoms with Crippen molar-refractivity contribution < 1.29 is 13.9 Å². The van der Waals surface area contributed by atoms with Gasteiger partial charge in [0.2, 0.25) is 0 Å². The van der Waals surface area contributed by atoms with E-state index in [2.05, 4.69) is 6.92 Å². The number of hydrogen-bond acceptors (Lipinski definition) is 5. The minimum Gasteiger partial charge on any atom is -0.484 e. The zero-order valence-corrected chi connectivity index (χ0v) is 18.8. The van der Waals surface area contributed by atoms with E-state index in [1.165, 1.54) is 0 Å². The highest BCUT2D eigenvalue weighted by Crippen LogP contribution is 2.35. The van der Waals surface area contributed by atoms with Gasteiger partial charge in [-0.25, -0.2) is 4.79 Å². The van der Waals surface area contributed by atoms with Gasteiger partial charge in [-0.05, 0) is 48.9 Å². The molecule has 1 saturated heterocycles. The van der Waals surface area contributed by atoms with Crippen molar-refractivity contribution in [3.8, 4) is 5.75 Å². The first-order valence-corrected chi connectivity index (χ1v) is 11.7. The topological polar surface area (TPSA) is 81.8 Å². The summed E-state index contributed by atoms with van der Waals surface area (Å²) in [6.45, 7) is 3.92. The number of ether oxygens (including phenoxy) is 1. The molecular formula is C26H28N2O5. The normalized spacial score (nSPS) is 19.4. The Balaban J connectivity index is 1.28. The molecule has 2 aliphatic heterocycles. The Hall–Kier alpha value is -3.35. The number of rotatable bonds is 6. The Kier molecular flexibility index (Phi) is 5.79. The third-order valence-electron chi connectivity index (χ3n) is 6.80. The minimum absolute atomic E-state index is 0.0334. The van der Waals surface area contributed by atoms with Crippen LogP contribution in [0.1, 0.15) is 43.4 Å². The average molecular weight is 449 g/mol. The molecule has 5 rings (SSSR count). The number of pyridine rings is 1. The van der Waals surface area contributed by atoms with E-state index < -0.39 is 0 Å². The van der Waals surface area contributed by atoms with Crippen molar-refractivity contribution in [1.29, 1.82) is 0 Å². The second-order valence-corrected chi connectivity index (χ2v) is 9.14.